The molecule has 1 aromatic rings. The van der Waals surface area contributed by atoms with Crippen molar-refractivity contribution in [2.45, 2.75) is 45.4 Å². The number of nitrogens with zero attached hydrogens (tertiary/aromatic N) is 1. The Kier molecular flexibility index (Phi) is 6.25. The summed E-state index contributed by atoms with van der Waals surface area (Å²) in [4.78, 5) is 25.6. The molecule has 0 bridgehead atoms. The van der Waals surface area contributed by atoms with Crippen LogP contribution in [0.25, 0.3) is 0 Å². The fourth-order valence-electron chi connectivity index (χ4n) is 2.64. The Labute approximate surface area is 132 Å². The average molecular weight is 303 g/mol. The van der Waals surface area contributed by atoms with Crippen molar-refractivity contribution in [3.63, 3.8) is 0 Å². The van der Waals surface area contributed by atoms with Crippen LogP contribution in [0.4, 0.5) is 16.2 Å². The lowest BCUT2D eigenvalue weighted by Gasteiger charge is -2.20. The Hall–Kier alpha value is -2.04. The molecule has 2 N–H and O–H groups in total. The van der Waals surface area contributed by atoms with Gasteiger partial charge in [-0.15, -0.1) is 0 Å². The molecule has 0 unspecified atom stereocenters. The van der Waals surface area contributed by atoms with E-state index in [-0.39, 0.29) is 11.9 Å². The van der Waals surface area contributed by atoms with E-state index in [1.54, 1.807) is 4.90 Å². The van der Waals surface area contributed by atoms with Gasteiger partial charge in [0.1, 0.15) is 0 Å². The molecule has 1 aromatic carbocycles. The summed E-state index contributed by atoms with van der Waals surface area (Å²) in [6.45, 7) is 3.56. The molecule has 1 aliphatic rings. The predicted octanol–water partition coefficient (Wildman–Crippen LogP) is 3.52. The lowest BCUT2D eigenvalue weighted by atomic mass is 10.2. The second kappa shape index (κ2) is 8.41. The van der Waals surface area contributed by atoms with Gasteiger partial charge in [0, 0.05) is 19.5 Å². The first-order chi connectivity index (χ1) is 10.7. The van der Waals surface area contributed by atoms with Gasteiger partial charge in [0.15, 0.2) is 0 Å². The number of carbonyl (C=O) groups excluding carboxylic acids is 2. The summed E-state index contributed by atoms with van der Waals surface area (Å²) < 4.78 is 0. The summed E-state index contributed by atoms with van der Waals surface area (Å²) in [6.07, 6.45) is 5.96. The number of unbranched alkanes of at least 4 members (excludes halogenated alkanes) is 3. The Morgan fingerprint density at radius 3 is 2.77 bits per heavy atom. The Morgan fingerprint density at radius 2 is 2.05 bits per heavy atom. The van der Waals surface area contributed by atoms with Gasteiger partial charge >= 0.3 is 6.03 Å². The average Bonchev–Trinajstić information content (AvgIpc) is 2.93. The molecule has 0 radical (unpaired) electrons. The maximum absolute atomic E-state index is 12.0. The molecule has 5 nitrogen and oxygen atoms in total. The van der Waals surface area contributed by atoms with Crippen LogP contribution in [0.3, 0.4) is 0 Å². The number of carbonyl (C=O) groups is 2. The molecule has 2 rings (SSSR count). The molecule has 22 heavy (non-hydrogen) atoms. The number of anilines is 2. The number of hydrogen-bond acceptors (Lipinski definition) is 2. The maximum atomic E-state index is 12.0. The molecule has 0 aliphatic carbocycles. The van der Waals surface area contributed by atoms with Gasteiger partial charge in [-0.05, 0) is 25.0 Å². The van der Waals surface area contributed by atoms with Crippen LogP contribution in [0.5, 0.6) is 0 Å². The lowest BCUT2D eigenvalue weighted by molar-refractivity contribution is -0.117. The third kappa shape index (κ3) is 4.48. The first-order valence-corrected chi connectivity index (χ1v) is 8.16. The normalized spacial score (nSPS) is 14.2. The van der Waals surface area contributed by atoms with Crippen molar-refractivity contribution in [1.82, 2.24) is 5.32 Å². The smallest absolute Gasteiger partial charge is 0.319 e. The minimum absolute atomic E-state index is 0.120. The van der Waals surface area contributed by atoms with Crippen molar-refractivity contribution < 1.29 is 9.59 Å². The third-order valence-electron chi connectivity index (χ3n) is 3.83. The van der Waals surface area contributed by atoms with E-state index in [1.807, 2.05) is 24.3 Å². The first-order valence-electron chi connectivity index (χ1n) is 8.16. The van der Waals surface area contributed by atoms with Crippen LogP contribution in [0, 0.1) is 0 Å². The lowest BCUT2D eigenvalue weighted by Crippen LogP contribution is -2.31. The maximum Gasteiger partial charge on any atom is 0.319 e. The van der Waals surface area contributed by atoms with E-state index < -0.39 is 0 Å². The fourth-order valence-corrected chi connectivity index (χ4v) is 2.64. The van der Waals surface area contributed by atoms with E-state index in [0.717, 1.165) is 31.5 Å². The van der Waals surface area contributed by atoms with Crippen molar-refractivity contribution in [2.75, 3.05) is 23.3 Å². The second-order valence-electron chi connectivity index (χ2n) is 5.61. The number of nitrogens with one attached hydrogen (secondary N) is 2. The fraction of sp³-hybridized carbons (Fsp3) is 0.529. The van der Waals surface area contributed by atoms with Crippen molar-refractivity contribution in [2.24, 2.45) is 0 Å². The standard InChI is InChI=1S/C17H25N3O2/c1-2-3-4-7-12-18-17(22)19-14-9-5-6-10-15(14)20-13-8-11-16(20)21/h5-6,9-10H,2-4,7-8,11-13H2,1H3,(H2,18,19,22). The van der Waals surface area contributed by atoms with Crippen LogP contribution in [-0.4, -0.2) is 25.0 Å². The largest absolute Gasteiger partial charge is 0.338 e. The van der Waals surface area contributed by atoms with Crippen LogP contribution in [0.15, 0.2) is 24.3 Å². The van der Waals surface area contributed by atoms with Crippen molar-refractivity contribution in [3.8, 4) is 0 Å². The third-order valence-corrected chi connectivity index (χ3v) is 3.83. The van der Waals surface area contributed by atoms with Crippen molar-refractivity contribution in [3.05, 3.63) is 24.3 Å². The van der Waals surface area contributed by atoms with Crippen molar-refractivity contribution >= 4 is 23.3 Å². The molecule has 0 atom stereocenters. The zero-order valence-corrected chi connectivity index (χ0v) is 13.2. The summed E-state index contributed by atoms with van der Waals surface area (Å²) in [6, 6.07) is 7.24. The SMILES string of the molecule is CCCCCCNC(=O)Nc1ccccc1N1CCCC1=O. The molecule has 0 aromatic heterocycles. The van der Waals surface area contributed by atoms with Gasteiger partial charge in [0.05, 0.1) is 11.4 Å². The molecule has 5 heteroatoms. The van der Waals surface area contributed by atoms with Crippen LogP contribution in [0.1, 0.15) is 45.4 Å². The molecular formula is C17H25N3O2. The Balaban J connectivity index is 1.89. The molecule has 120 valence electrons. The molecule has 0 saturated carbocycles. The molecule has 1 fully saturated rings. The Morgan fingerprint density at radius 1 is 1.23 bits per heavy atom. The van der Waals surface area contributed by atoms with Gasteiger partial charge in [-0.1, -0.05) is 38.3 Å². The Bertz CT molecular complexity index is 516. The molecule has 1 aliphatic heterocycles. The van der Waals surface area contributed by atoms with Crippen LogP contribution < -0.4 is 15.5 Å². The van der Waals surface area contributed by atoms with Gasteiger partial charge in [-0.3, -0.25) is 4.79 Å². The van der Waals surface area contributed by atoms with Crippen LogP contribution in [0.2, 0.25) is 0 Å². The molecule has 1 heterocycles. The number of para-hydroxylation sites is 2. The highest BCUT2D eigenvalue weighted by atomic mass is 16.2. The van der Waals surface area contributed by atoms with Gasteiger partial charge in [0.2, 0.25) is 5.91 Å². The van der Waals surface area contributed by atoms with E-state index in [9.17, 15) is 9.59 Å². The van der Waals surface area contributed by atoms with Gasteiger partial charge in [-0.25, -0.2) is 4.79 Å². The topological polar surface area (TPSA) is 61.4 Å². The zero-order chi connectivity index (χ0) is 15.8. The highest BCUT2D eigenvalue weighted by Gasteiger charge is 2.23. The summed E-state index contributed by atoms with van der Waals surface area (Å²) in [5, 5.41) is 5.72. The van der Waals surface area contributed by atoms with E-state index in [0.29, 0.717) is 18.7 Å². The highest BCUT2D eigenvalue weighted by Crippen LogP contribution is 2.29. The number of hydrogen-bond donors (Lipinski definition) is 2. The van der Waals surface area contributed by atoms with Crippen molar-refractivity contribution in [1.29, 1.82) is 0 Å². The highest BCUT2D eigenvalue weighted by molar-refractivity contribution is 6.01. The van der Waals surface area contributed by atoms with Gasteiger partial charge in [0.25, 0.3) is 0 Å². The molecule has 3 amide bonds. The van der Waals surface area contributed by atoms with E-state index in [2.05, 4.69) is 17.6 Å². The van der Waals surface area contributed by atoms with E-state index in [1.165, 1.54) is 12.8 Å². The number of urea groups is 1. The number of rotatable bonds is 7. The van der Waals surface area contributed by atoms with Crippen LogP contribution >= 0.6 is 0 Å². The second-order valence-corrected chi connectivity index (χ2v) is 5.61. The molecular weight excluding hydrogens is 278 g/mol. The first kappa shape index (κ1) is 16.3. The van der Waals surface area contributed by atoms with E-state index in [4.69, 9.17) is 0 Å². The minimum atomic E-state index is -0.212. The summed E-state index contributed by atoms with van der Waals surface area (Å²) in [5.74, 6) is 0.120. The predicted molar refractivity (Wildman–Crippen MR) is 89.2 cm³/mol. The molecule has 1 saturated heterocycles. The van der Waals surface area contributed by atoms with Gasteiger partial charge in [-0.2, -0.15) is 0 Å². The molecule has 0 spiro atoms. The van der Waals surface area contributed by atoms with Gasteiger partial charge < -0.3 is 15.5 Å². The number of benzene rings is 1. The summed E-state index contributed by atoms with van der Waals surface area (Å²) in [5.41, 5.74) is 1.47. The quantitative estimate of drug-likeness (QED) is 0.757. The minimum Gasteiger partial charge on any atom is -0.338 e. The van der Waals surface area contributed by atoms with Crippen LogP contribution in [-0.2, 0) is 4.79 Å². The summed E-state index contributed by atoms with van der Waals surface area (Å²) in [7, 11) is 0. The zero-order valence-electron chi connectivity index (χ0n) is 13.2. The van der Waals surface area contributed by atoms with E-state index >= 15 is 0 Å². The summed E-state index contributed by atoms with van der Waals surface area (Å²) >= 11 is 0. The monoisotopic (exact) mass is 303 g/mol. The number of amides is 3.